The van der Waals surface area contributed by atoms with Crippen molar-refractivity contribution in [2.75, 3.05) is 0 Å². The maximum absolute atomic E-state index is 3.64. The van der Waals surface area contributed by atoms with Crippen LogP contribution in [0.1, 0.15) is 27.7 Å². The predicted octanol–water partition coefficient (Wildman–Crippen LogP) is 2.95. The van der Waals surface area contributed by atoms with Gasteiger partial charge in [-0.1, -0.05) is 27.7 Å². The number of hydrogen-bond acceptors (Lipinski definition) is 0. The third-order valence-corrected chi connectivity index (χ3v) is 0. The van der Waals surface area contributed by atoms with Crippen LogP contribution in [0, 0.1) is 25.7 Å². The van der Waals surface area contributed by atoms with Crippen molar-refractivity contribution in [1.82, 2.24) is 0 Å². The Morgan fingerprint density at radius 1 is 0.778 bits per heavy atom. The standard InChI is InChI=1S/2C4H9.Zn/c2*1-4(2)3;/h2*4H,1H2,2-3H3;/q2*-1;+2. The van der Waals surface area contributed by atoms with Crippen molar-refractivity contribution in [3.05, 3.63) is 13.8 Å². The summed E-state index contributed by atoms with van der Waals surface area (Å²) in [6.45, 7) is 15.5. The third-order valence-electron chi connectivity index (χ3n) is 0. The molecule has 0 atom stereocenters. The van der Waals surface area contributed by atoms with Gasteiger partial charge in [-0.05, 0) is 0 Å². The predicted molar refractivity (Wildman–Crippen MR) is 40.4 cm³/mol. The van der Waals surface area contributed by atoms with E-state index >= 15 is 0 Å². The molecule has 0 aromatic carbocycles. The Morgan fingerprint density at radius 2 is 0.778 bits per heavy atom. The molecule has 0 saturated heterocycles. The molecular formula is C8H18Zn. The van der Waals surface area contributed by atoms with Crippen LogP contribution in [-0.4, -0.2) is 0 Å². The monoisotopic (exact) mass is 178 g/mol. The summed E-state index contributed by atoms with van der Waals surface area (Å²) >= 11 is 0. The van der Waals surface area contributed by atoms with Gasteiger partial charge in [-0.25, -0.2) is 0 Å². The van der Waals surface area contributed by atoms with Gasteiger partial charge in [0.15, 0.2) is 0 Å². The summed E-state index contributed by atoms with van der Waals surface area (Å²) in [5.41, 5.74) is 0. The largest absolute Gasteiger partial charge is 2.00 e. The first-order valence-corrected chi connectivity index (χ1v) is 3.13. The van der Waals surface area contributed by atoms with Gasteiger partial charge in [0.2, 0.25) is 0 Å². The molecule has 0 fully saturated rings. The van der Waals surface area contributed by atoms with E-state index in [2.05, 4.69) is 41.5 Å². The van der Waals surface area contributed by atoms with Crippen LogP contribution in [0.5, 0.6) is 0 Å². The van der Waals surface area contributed by atoms with Gasteiger partial charge < -0.3 is 13.8 Å². The molecule has 0 aliphatic rings. The Morgan fingerprint density at radius 3 is 0.778 bits per heavy atom. The minimum Gasteiger partial charge on any atom is -0.341 e. The molecule has 0 N–H and O–H groups in total. The van der Waals surface area contributed by atoms with E-state index in [1.165, 1.54) is 0 Å². The van der Waals surface area contributed by atoms with Gasteiger partial charge in [-0.2, -0.15) is 11.8 Å². The Bertz CT molecular complexity index is 20.0. The summed E-state index contributed by atoms with van der Waals surface area (Å²) in [7, 11) is 0. The molecule has 0 nitrogen and oxygen atoms in total. The van der Waals surface area contributed by atoms with E-state index in [4.69, 9.17) is 0 Å². The normalized spacial score (nSPS) is 8.00. The van der Waals surface area contributed by atoms with E-state index < -0.39 is 0 Å². The van der Waals surface area contributed by atoms with Crippen molar-refractivity contribution in [1.29, 1.82) is 0 Å². The third kappa shape index (κ3) is 973. The van der Waals surface area contributed by atoms with Gasteiger partial charge in [0, 0.05) is 0 Å². The van der Waals surface area contributed by atoms with Crippen molar-refractivity contribution in [3.63, 3.8) is 0 Å². The zero-order chi connectivity index (χ0) is 7.15. The first-order valence-electron chi connectivity index (χ1n) is 3.13. The van der Waals surface area contributed by atoms with Crippen LogP contribution in [0.25, 0.3) is 0 Å². The fourth-order valence-electron chi connectivity index (χ4n) is 0. The quantitative estimate of drug-likeness (QED) is 0.396. The van der Waals surface area contributed by atoms with Crippen LogP contribution in [0.15, 0.2) is 0 Å². The second-order valence-electron chi connectivity index (χ2n) is 2.79. The molecule has 9 heavy (non-hydrogen) atoms. The molecular weight excluding hydrogens is 161 g/mol. The average Bonchev–Trinajstić information content (AvgIpc) is 1.25. The summed E-state index contributed by atoms with van der Waals surface area (Å²) in [4.78, 5) is 0. The van der Waals surface area contributed by atoms with Crippen molar-refractivity contribution in [2.45, 2.75) is 27.7 Å². The SMILES string of the molecule is [CH2-]C(C)C.[CH2-]C(C)C.[Zn+2]. The molecule has 0 spiro atoms. The topological polar surface area (TPSA) is 0 Å². The zero-order valence-electron chi connectivity index (χ0n) is 7.28. The Hall–Kier alpha value is 0.623. The summed E-state index contributed by atoms with van der Waals surface area (Å²) in [6, 6.07) is 0. The van der Waals surface area contributed by atoms with Crippen LogP contribution < -0.4 is 0 Å². The molecule has 0 saturated carbocycles. The molecule has 0 heterocycles. The summed E-state index contributed by atoms with van der Waals surface area (Å²) in [6.07, 6.45) is 0. The fraction of sp³-hybridized carbons (Fsp3) is 0.750. The summed E-state index contributed by atoms with van der Waals surface area (Å²) in [5.74, 6) is 1.17. The van der Waals surface area contributed by atoms with Crippen molar-refractivity contribution < 1.29 is 19.5 Å². The molecule has 1 heteroatoms. The minimum atomic E-state index is 0. The molecule has 0 aliphatic heterocycles. The zero-order valence-corrected chi connectivity index (χ0v) is 10.2. The molecule has 0 aromatic heterocycles. The van der Waals surface area contributed by atoms with Crippen LogP contribution in [0.2, 0.25) is 0 Å². The second-order valence-corrected chi connectivity index (χ2v) is 2.79. The second kappa shape index (κ2) is 11.4. The molecule has 0 amide bonds. The maximum atomic E-state index is 3.64. The van der Waals surface area contributed by atoms with Crippen LogP contribution in [0.3, 0.4) is 0 Å². The van der Waals surface area contributed by atoms with Crippen molar-refractivity contribution in [2.24, 2.45) is 11.8 Å². The summed E-state index contributed by atoms with van der Waals surface area (Å²) in [5, 5.41) is 0. The maximum Gasteiger partial charge on any atom is 2.00 e. The summed E-state index contributed by atoms with van der Waals surface area (Å²) < 4.78 is 0. The van der Waals surface area contributed by atoms with E-state index in [9.17, 15) is 0 Å². The Balaban J connectivity index is -0.0000000720. The van der Waals surface area contributed by atoms with Crippen LogP contribution in [0.4, 0.5) is 0 Å². The van der Waals surface area contributed by atoms with Crippen LogP contribution >= 0.6 is 0 Å². The molecule has 52 valence electrons. The molecule has 0 radical (unpaired) electrons. The van der Waals surface area contributed by atoms with E-state index in [0.717, 1.165) is 0 Å². The molecule has 0 aromatic rings. The molecule has 0 rings (SSSR count). The van der Waals surface area contributed by atoms with E-state index in [1.54, 1.807) is 0 Å². The first kappa shape index (κ1) is 16.3. The molecule has 0 aliphatic carbocycles. The molecule has 0 bridgehead atoms. The van der Waals surface area contributed by atoms with Gasteiger partial charge in [0.25, 0.3) is 0 Å². The smallest absolute Gasteiger partial charge is 0.341 e. The van der Waals surface area contributed by atoms with Gasteiger partial charge in [-0.3, -0.25) is 0 Å². The average molecular weight is 180 g/mol. The fourth-order valence-corrected chi connectivity index (χ4v) is 0. The number of hydrogen-bond donors (Lipinski definition) is 0. The van der Waals surface area contributed by atoms with Gasteiger partial charge in [0.1, 0.15) is 0 Å². The van der Waals surface area contributed by atoms with E-state index in [0.29, 0.717) is 11.8 Å². The van der Waals surface area contributed by atoms with Gasteiger partial charge in [-0.15, -0.1) is 0 Å². The Kier molecular flexibility index (Phi) is 20.7. The number of rotatable bonds is 0. The minimum absolute atomic E-state index is 0. The van der Waals surface area contributed by atoms with E-state index in [1.807, 2.05) is 0 Å². The van der Waals surface area contributed by atoms with Gasteiger partial charge in [0.05, 0.1) is 0 Å². The first-order chi connectivity index (χ1) is 3.46. The van der Waals surface area contributed by atoms with Crippen LogP contribution in [-0.2, 0) is 19.5 Å². The van der Waals surface area contributed by atoms with E-state index in [-0.39, 0.29) is 19.5 Å². The van der Waals surface area contributed by atoms with Crippen molar-refractivity contribution in [3.8, 4) is 0 Å². The molecule has 0 unspecified atom stereocenters. The Labute approximate surface area is 73.2 Å². The van der Waals surface area contributed by atoms with Gasteiger partial charge >= 0.3 is 19.5 Å². The van der Waals surface area contributed by atoms with Crippen molar-refractivity contribution >= 4 is 0 Å².